The number of benzene rings is 1. The molecule has 1 atom stereocenters. The zero-order valence-electron chi connectivity index (χ0n) is 15.1. The highest BCUT2D eigenvalue weighted by atomic mass is 16.3. The van der Waals surface area contributed by atoms with E-state index in [4.69, 9.17) is 4.42 Å². The molecule has 7 nitrogen and oxygen atoms in total. The van der Waals surface area contributed by atoms with Crippen LogP contribution in [0.1, 0.15) is 36.2 Å². The van der Waals surface area contributed by atoms with Crippen molar-refractivity contribution >= 4 is 0 Å². The van der Waals surface area contributed by atoms with Gasteiger partial charge in [0.25, 0.3) is 0 Å². The number of aromatic nitrogens is 4. The fourth-order valence-corrected chi connectivity index (χ4v) is 3.69. The van der Waals surface area contributed by atoms with Crippen LogP contribution in [-0.4, -0.2) is 37.3 Å². The average molecular weight is 353 g/mol. The van der Waals surface area contributed by atoms with E-state index in [1.807, 2.05) is 37.3 Å². The van der Waals surface area contributed by atoms with E-state index < -0.39 is 0 Å². The van der Waals surface area contributed by atoms with Gasteiger partial charge in [0.05, 0.1) is 11.4 Å². The Morgan fingerprint density at radius 3 is 2.81 bits per heavy atom. The number of oxazole rings is 1. The maximum atomic E-state index is 12.6. The van der Waals surface area contributed by atoms with Crippen molar-refractivity contribution in [1.82, 2.24) is 24.2 Å². The third-order valence-corrected chi connectivity index (χ3v) is 4.89. The predicted octanol–water partition coefficient (Wildman–Crippen LogP) is 2.25. The molecule has 4 rings (SSSR count). The molecule has 0 N–H and O–H groups in total. The van der Waals surface area contributed by atoms with E-state index in [2.05, 4.69) is 15.0 Å². The summed E-state index contributed by atoms with van der Waals surface area (Å²) in [5.41, 5.74) is 1.71. The summed E-state index contributed by atoms with van der Waals surface area (Å²) < 4.78 is 8.49. The summed E-state index contributed by atoms with van der Waals surface area (Å²) in [6.07, 6.45) is 3.82. The largest absolute Gasteiger partial charge is 0.449 e. The second-order valence-corrected chi connectivity index (χ2v) is 6.87. The van der Waals surface area contributed by atoms with Crippen molar-refractivity contribution in [1.29, 1.82) is 0 Å². The van der Waals surface area contributed by atoms with Crippen LogP contribution in [0.15, 0.2) is 45.8 Å². The summed E-state index contributed by atoms with van der Waals surface area (Å²) in [6.45, 7) is 4.49. The topological polar surface area (TPSA) is 69.1 Å². The third-order valence-electron chi connectivity index (χ3n) is 4.89. The lowest BCUT2D eigenvalue weighted by atomic mass is 9.97. The van der Waals surface area contributed by atoms with Crippen molar-refractivity contribution in [3.63, 3.8) is 0 Å². The number of hydrogen-bond donors (Lipinski definition) is 0. The van der Waals surface area contributed by atoms with E-state index in [0.29, 0.717) is 5.89 Å². The molecule has 0 amide bonds. The van der Waals surface area contributed by atoms with Crippen molar-refractivity contribution in [2.75, 3.05) is 13.1 Å². The molecule has 0 radical (unpaired) electrons. The van der Waals surface area contributed by atoms with E-state index in [9.17, 15) is 4.79 Å². The molecule has 0 bridgehead atoms. The van der Waals surface area contributed by atoms with Crippen LogP contribution in [-0.2, 0) is 13.6 Å². The van der Waals surface area contributed by atoms with Crippen LogP contribution < -0.4 is 5.69 Å². The van der Waals surface area contributed by atoms with Crippen LogP contribution >= 0.6 is 0 Å². The van der Waals surface area contributed by atoms with Crippen LogP contribution in [0.2, 0.25) is 0 Å². The van der Waals surface area contributed by atoms with Gasteiger partial charge in [-0.15, -0.1) is 0 Å². The third kappa shape index (κ3) is 3.22. The Morgan fingerprint density at radius 1 is 1.27 bits per heavy atom. The van der Waals surface area contributed by atoms with Gasteiger partial charge < -0.3 is 4.42 Å². The number of hydrogen-bond acceptors (Lipinski definition) is 5. The first-order chi connectivity index (χ1) is 12.6. The maximum Gasteiger partial charge on any atom is 0.350 e. The lowest BCUT2D eigenvalue weighted by Crippen LogP contribution is -2.35. The molecule has 26 heavy (non-hydrogen) atoms. The first-order valence-electron chi connectivity index (χ1n) is 8.96. The zero-order valence-corrected chi connectivity index (χ0v) is 15.1. The highest BCUT2D eigenvalue weighted by Gasteiger charge is 2.28. The predicted molar refractivity (Wildman–Crippen MR) is 97.3 cm³/mol. The molecule has 1 saturated heterocycles. The van der Waals surface area contributed by atoms with Gasteiger partial charge in [-0.2, -0.15) is 5.10 Å². The van der Waals surface area contributed by atoms with E-state index in [1.165, 1.54) is 4.68 Å². The highest BCUT2D eigenvalue weighted by Crippen LogP contribution is 2.27. The molecule has 1 aromatic carbocycles. The standard InChI is InChI=1S/C19H23N5O2/c1-14-20-16(13-26-14)12-23-10-6-7-15(11-23)18-21-22(2)19(25)24(18)17-8-4-3-5-9-17/h3-5,8-9,13,15H,6-7,10-12H2,1-2H3. The molecule has 1 fully saturated rings. The van der Waals surface area contributed by atoms with Crippen LogP contribution in [0, 0.1) is 6.92 Å². The van der Waals surface area contributed by atoms with Gasteiger partial charge >= 0.3 is 5.69 Å². The van der Waals surface area contributed by atoms with Gasteiger partial charge in [-0.25, -0.2) is 19.0 Å². The second kappa shape index (κ2) is 6.92. The second-order valence-electron chi connectivity index (χ2n) is 6.87. The van der Waals surface area contributed by atoms with Crippen LogP contribution in [0.4, 0.5) is 0 Å². The Bertz CT molecular complexity index is 940. The Balaban J connectivity index is 1.61. The number of likely N-dealkylation sites (tertiary alicyclic amines) is 1. The molecule has 0 spiro atoms. The van der Waals surface area contributed by atoms with Crippen molar-refractivity contribution < 1.29 is 4.42 Å². The maximum absolute atomic E-state index is 12.6. The quantitative estimate of drug-likeness (QED) is 0.719. The molecule has 136 valence electrons. The van der Waals surface area contributed by atoms with Crippen molar-refractivity contribution in [2.24, 2.45) is 7.05 Å². The first kappa shape index (κ1) is 16.8. The number of para-hydroxylation sites is 1. The highest BCUT2D eigenvalue weighted by molar-refractivity contribution is 5.33. The Kier molecular flexibility index (Phi) is 4.46. The minimum atomic E-state index is -0.101. The zero-order chi connectivity index (χ0) is 18.1. The van der Waals surface area contributed by atoms with Gasteiger partial charge in [-0.05, 0) is 31.5 Å². The number of rotatable bonds is 4. The average Bonchev–Trinajstić information content (AvgIpc) is 3.19. The normalized spacial score (nSPS) is 18.3. The molecule has 3 aromatic rings. The molecular formula is C19H23N5O2. The molecule has 3 heterocycles. The first-order valence-corrected chi connectivity index (χ1v) is 8.96. The van der Waals surface area contributed by atoms with E-state index in [0.717, 1.165) is 49.7 Å². The summed E-state index contributed by atoms with van der Waals surface area (Å²) in [6, 6.07) is 9.74. The minimum absolute atomic E-state index is 0.101. The van der Waals surface area contributed by atoms with Crippen LogP contribution in [0.3, 0.4) is 0 Å². The van der Waals surface area contributed by atoms with Crippen LogP contribution in [0.25, 0.3) is 5.69 Å². The van der Waals surface area contributed by atoms with Gasteiger partial charge in [0.15, 0.2) is 5.89 Å². The summed E-state index contributed by atoms with van der Waals surface area (Å²) >= 11 is 0. The fourth-order valence-electron chi connectivity index (χ4n) is 3.69. The van der Waals surface area contributed by atoms with Gasteiger partial charge in [0, 0.05) is 33.0 Å². The number of nitrogens with zero attached hydrogens (tertiary/aromatic N) is 5. The van der Waals surface area contributed by atoms with Gasteiger partial charge in [-0.1, -0.05) is 18.2 Å². The monoisotopic (exact) mass is 353 g/mol. The lowest BCUT2D eigenvalue weighted by molar-refractivity contribution is 0.193. The molecular weight excluding hydrogens is 330 g/mol. The molecule has 7 heteroatoms. The molecule has 0 saturated carbocycles. The summed E-state index contributed by atoms with van der Waals surface area (Å²) in [4.78, 5) is 19.4. The molecule has 2 aromatic heterocycles. The summed E-state index contributed by atoms with van der Waals surface area (Å²) in [7, 11) is 1.71. The van der Waals surface area contributed by atoms with Gasteiger partial charge in [0.2, 0.25) is 0 Å². The summed E-state index contributed by atoms with van der Waals surface area (Å²) in [5.74, 6) is 1.74. The van der Waals surface area contributed by atoms with E-state index in [-0.39, 0.29) is 11.6 Å². The summed E-state index contributed by atoms with van der Waals surface area (Å²) in [5, 5.41) is 4.56. The molecule has 1 aliphatic heterocycles. The van der Waals surface area contributed by atoms with Crippen molar-refractivity contribution in [2.45, 2.75) is 32.2 Å². The fraction of sp³-hybridized carbons (Fsp3) is 0.421. The smallest absolute Gasteiger partial charge is 0.350 e. The van der Waals surface area contributed by atoms with Crippen molar-refractivity contribution in [3.8, 4) is 5.69 Å². The molecule has 1 aliphatic rings. The Hall–Kier alpha value is -2.67. The number of piperidine rings is 1. The van der Waals surface area contributed by atoms with Crippen molar-refractivity contribution in [3.05, 3.63) is 64.5 Å². The van der Waals surface area contributed by atoms with E-state index >= 15 is 0 Å². The van der Waals surface area contributed by atoms with E-state index in [1.54, 1.807) is 17.9 Å². The Morgan fingerprint density at radius 2 is 2.08 bits per heavy atom. The number of aryl methyl sites for hydroxylation is 2. The van der Waals surface area contributed by atoms with Crippen LogP contribution in [0.5, 0.6) is 0 Å². The van der Waals surface area contributed by atoms with Gasteiger partial charge in [0.1, 0.15) is 12.1 Å². The lowest BCUT2D eigenvalue weighted by Gasteiger charge is -2.31. The molecule has 1 unspecified atom stereocenters. The van der Waals surface area contributed by atoms with Gasteiger partial charge in [-0.3, -0.25) is 4.90 Å². The minimum Gasteiger partial charge on any atom is -0.449 e. The Labute approximate surface area is 151 Å². The SMILES string of the molecule is Cc1nc(CN2CCCC(c3nn(C)c(=O)n3-c3ccccc3)C2)co1. The molecule has 0 aliphatic carbocycles.